The van der Waals surface area contributed by atoms with Gasteiger partial charge in [-0.2, -0.15) is 0 Å². The molecule has 0 aromatic heterocycles. The predicted octanol–water partition coefficient (Wildman–Crippen LogP) is -10.1. The SMILES string of the molecule is O=C([O-])CN(CCN(CC(=O)O)C(=O)O)CC(=O)[O-].[Na+].[Na+]. The Morgan fingerprint density at radius 1 is 0.810 bits per heavy atom. The van der Waals surface area contributed by atoms with Gasteiger partial charge >= 0.3 is 71.2 Å². The van der Waals surface area contributed by atoms with Gasteiger partial charge in [0.1, 0.15) is 6.54 Å². The first kappa shape index (κ1) is 25.6. The van der Waals surface area contributed by atoms with Crippen LogP contribution in [0.1, 0.15) is 0 Å². The van der Waals surface area contributed by atoms with Gasteiger partial charge in [-0.25, -0.2) is 4.79 Å². The van der Waals surface area contributed by atoms with Crippen molar-refractivity contribution in [3.8, 4) is 0 Å². The van der Waals surface area contributed by atoms with E-state index in [9.17, 15) is 29.4 Å². The van der Waals surface area contributed by atoms with E-state index < -0.39 is 43.6 Å². The minimum atomic E-state index is -1.54. The van der Waals surface area contributed by atoms with Crippen molar-refractivity contribution in [2.75, 3.05) is 32.7 Å². The Morgan fingerprint density at radius 2 is 1.24 bits per heavy atom. The summed E-state index contributed by atoms with van der Waals surface area (Å²) in [5.41, 5.74) is 0. The molecule has 0 rings (SSSR count). The van der Waals surface area contributed by atoms with Crippen molar-refractivity contribution in [1.82, 2.24) is 9.80 Å². The molecular weight excluding hydrogens is 310 g/mol. The van der Waals surface area contributed by atoms with Crippen LogP contribution < -0.4 is 69.3 Å². The fraction of sp³-hybridized carbons (Fsp3) is 0.556. The van der Waals surface area contributed by atoms with Crippen molar-refractivity contribution >= 4 is 24.0 Å². The van der Waals surface area contributed by atoms with E-state index in [1.165, 1.54) is 0 Å². The number of amides is 1. The van der Waals surface area contributed by atoms with Gasteiger partial charge in [0.05, 0.1) is 11.9 Å². The summed E-state index contributed by atoms with van der Waals surface area (Å²) >= 11 is 0. The Hall–Kier alpha value is -0.360. The van der Waals surface area contributed by atoms with Crippen LogP contribution in [0.4, 0.5) is 4.79 Å². The topological polar surface area (TPSA) is 161 Å². The number of carbonyl (C=O) groups is 4. The van der Waals surface area contributed by atoms with Gasteiger partial charge < -0.3 is 30.0 Å². The van der Waals surface area contributed by atoms with E-state index in [1.807, 2.05) is 0 Å². The van der Waals surface area contributed by atoms with Gasteiger partial charge in [-0.3, -0.25) is 14.6 Å². The molecule has 0 saturated carbocycles. The first-order valence-corrected chi connectivity index (χ1v) is 5.04. The molecule has 0 aromatic rings. The number of hydrogen-bond acceptors (Lipinski definition) is 7. The van der Waals surface area contributed by atoms with Gasteiger partial charge in [-0.1, -0.05) is 0 Å². The molecule has 0 aliphatic heterocycles. The maximum absolute atomic E-state index is 10.7. The van der Waals surface area contributed by atoms with Crippen LogP contribution in [0, 0.1) is 0 Å². The van der Waals surface area contributed by atoms with E-state index in [1.54, 1.807) is 0 Å². The fourth-order valence-electron chi connectivity index (χ4n) is 1.25. The molecule has 21 heavy (non-hydrogen) atoms. The fourth-order valence-corrected chi connectivity index (χ4v) is 1.25. The Balaban J connectivity index is -0.00000162. The zero-order valence-electron chi connectivity index (χ0n) is 11.8. The summed E-state index contributed by atoms with van der Waals surface area (Å²) in [5.74, 6) is -4.46. The number of rotatable bonds is 9. The summed E-state index contributed by atoms with van der Waals surface area (Å²) in [6, 6.07) is 0. The minimum Gasteiger partial charge on any atom is -0.549 e. The van der Waals surface area contributed by atoms with Gasteiger partial charge in [-0.05, 0) is 0 Å². The van der Waals surface area contributed by atoms with Crippen molar-refractivity contribution in [2.45, 2.75) is 0 Å². The first-order chi connectivity index (χ1) is 8.72. The molecule has 0 aliphatic rings. The number of hydrogen-bond donors (Lipinski definition) is 2. The van der Waals surface area contributed by atoms with Gasteiger partial charge in [0.2, 0.25) is 0 Å². The van der Waals surface area contributed by atoms with E-state index in [4.69, 9.17) is 10.2 Å². The zero-order valence-corrected chi connectivity index (χ0v) is 15.8. The number of aliphatic carboxylic acids is 3. The third kappa shape index (κ3) is 14.3. The van der Waals surface area contributed by atoms with Crippen molar-refractivity contribution in [3.05, 3.63) is 0 Å². The smallest absolute Gasteiger partial charge is 0.549 e. The zero-order chi connectivity index (χ0) is 15.0. The summed E-state index contributed by atoms with van der Waals surface area (Å²) in [6.45, 7) is -2.88. The normalized spacial score (nSPS) is 9.19. The molecule has 0 bridgehead atoms. The van der Waals surface area contributed by atoms with Crippen LogP contribution in [0.5, 0.6) is 0 Å². The quantitative estimate of drug-likeness (QED) is 0.392. The molecular formula is C9H12N2Na2O8. The van der Waals surface area contributed by atoms with Crippen molar-refractivity contribution in [2.24, 2.45) is 0 Å². The molecule has 10 nitrogen and oxygen atoms in total. The molecule has 0 unspecified atom stereocenters. The Kier molecular flexibility index (Phi) is 16.2. The summed E-state index contributed by atoms with van der Waals surface area (Å²) in [7, 11) is 0. The van der Waals surface area contributed by atoms with E-state index in [-0.39, 0.29) is 72.2 Å². The second-order valence-corrected chi connectivity index (χ2v) is 3.55. The van der Waals surface area contributed by atoms with E-state index in [0.29, 0.717) is 4.90 Å². The molecule has 0 aliphatic carbocycles. The van der Waals surface area contributed by atoms with E-state index in [2.05, 4.69) is 0 Å². The first-order valence-electron chi connectivity index (χ1n) is 5.04. The van der Waals surface area contributed by atoms with Crippen LogP contribution in [0.3, 0.4) is 0 Å². The number of nitrogens with zero attached hydrogens (tertiary/aromatic N) is 2. The number of carboxylic acid groups (broad SMARTS) is 4. The van der Waals surface area contributed by atoms with Crippen molar-refractivity contribution in [3.63, 3.8) is 0 Å². The maximum Gasteiger partial charge on any atom is 1.00 e. The second kappa shape index (κ2) is 13.3. The molecule has 0 fully saturated rings. The Morgan fingerprint density at radius 3 is 1.52 bits per heavy atom. The number of carboxylic acids is 3. The monoisotopic (exact) mass is 322 g/mol. The number of carbonyl (C=O) groups excluding carboxylic acids is 2. The van der Waals surface area contributed by atoms with Crippen LogP contribution in [0.2, 0.25) is 0 Å². The Labute approximate surface area is 164 Å². The molecule has 0 radical (unpaired) electrons. The van der Waals surface area contributed by atoms with Crippen LogP contribution >= 0.6 is 0 Å². The van der Waals surface area contributed by atoms with E-state index in [0.717, 1.165) is 4.90 Å². The molecule has 0 atom stereocenters. The van der Waals surface area contributed by atoms with Crippen LogP contribution in [0.25, 0.3) is 0 Å². The molecule has 0 saturated heterocycles. The molecule has 0 aromatic carbocycles. The summed E-state index contributed by atoms with van der Waals surface area (Å²) in [6.07, 6.45) is -1.51. The van der Waals surface area contributed by atoms with Crippen LogP contribution in [-0.4, -0.2) is 76.7 Å². The standard InChI is InChI=1S/C9H14N2O8.2Na/c12-6(13)3-10(4-7(14)15)1-2-11(9(18)19)5-8(16)17;;/h1-5H2,(H,12,13)(H,14,15)(H,16,17)(H,18,19);;/q;2*+1/p-2. The van der Waals surface area contributed by atoms with Gasteiger partial charge in [0.15, 0.2) is 0 Å². The van der Waals surface area contributed by atoms with Crippen molar-refractivity contribution in [1.29, 1.82) is 0 Å². The Bertz CT molecular complexity index is 363. The molecule has 12 heteroatoms. The molecule has 2 N–H and O–H groups in total. The average Bonchev–Trinajstić information content (AvgIpc) is 2.21. The molecule has 0 heterocycles. The summed E-state index contributed by atoms with van der Waals surface area (Å²) in [4.78, 5) is 43.2. The van der Waals surface area contributed by atoms with Gasteiger partial charge in [-0.15, -0.1) is 0 Å². The van der Waals surface area contributed by atoms with E-state index >= 15 is 0 Å². The third-order valence-corrected chi connectivity index (χ3v) is 1.99. The summed E-state index contributed by atoms with van der Waals surface area (Å²) in [5, 5.41) is 37.9. The van der Waals surface area contributed by atoms with Gasteiger partial charge in [0, 0.05) is 26.2 Å². The molecule has 0 spiro atoms. The van der Waals surface area contributed by atoms with Crippen LogP contribution in [-0.2, 0) is 14.4 Å². The second-order valence-electron chi connectivity index (χ2n) is 3.55. The summed E-state index contributed by atoms with van der Waals surface area (Å²) < 4.78 is 0. The van der Waals surface area contributed by atoms with Crippen molar-refractivity contribution < 1.29 is 98.7 Å². The third-order valence-electron chi connectivity index (χ3n) is 1.99. The maximum atomic E-state index is 10.7. The van der Waals surface area contributed by atoms with Crippen LogP contribution in [0.15, 0.2) is 0 Å². The largest absolute Gasteiger partial charge is 1.00 e. The molecule has 108 valence electrons. The average molecular weight is 322 g/mol. The molecule has 1 amide bonds. The predicted molar refractivity (Wildman–Crippen MR) is 53.7 cm³/mol. The van der Waals surface area contributed by atoms with Gasteiger partial charge in [0.25, 0.3) is 0 Å². The minimum absolute atomic E-state index is 0.